The van der Waals surface area contributed by atoms with Gasteiger partial charge in [0.05, 0.1) is 7.11 Å². The molecule has 1 fully saturated rings. The molecule has 2 atom stereocenters. The van der Waals surface area contributed by atoms with Crippen LogP contribution in [0.3, 0.4) is 0 Å². The summed E-state index contributed by atoms with van der Waals surface area (Å²) in [6, 6.07) is 0. The van der Waals surface area contributed by atoms with Gasteiger partial charge in [-0.05, 0) is 12.8 Å². The van der Waals surface area contributed by atoms with Crippen molar-refractivity contribution in [2.24, 2.45) is 0 Å². The van der Waals surface area contributed by atoms with Crippen LogP contribution in [-0.2, 0) is 23.9 Å². The summed E-state index contributed by atoms with van der Waals surface area (Å²) < 4.78 is 9.30. The first-order chi connectivity index (χ1) is 7.04. The van der Waals surface area contributed by atoms with Gasteiger partial charge < -0.3 is 14.6 Å². The third-order valence-corrected chi connectivity index (χ3v) is 2.20. The van der Waals surface area contributed by atoms with Gasteiger partial charge in [0.2, 0.25) is 0 Å². The fourth-order valence-electron chi connectivity index (χ4n) is 1.38. The van der Waals surface area contributed by atoms with Gasteiger partial charge in [0.25, 0.3) is 0 Å². The van der Waals surface area contributed by atoms with Gasteiger partial charge in [0.1, 0.15) is 12.5 Å². The Bertz CT molecular complexity index is 284. The Morgan fingerprint density at radius 2 is 1.93 bits per heavy atom. The summed E-state index contributed by atoms with van der Waals surface area (Å²) in [4.78, 5) is 32.7. The van der Waals surface area contributed by atoms with Gasteiger partial charge in [-0.2, -0.15) is 0 Å². The SMILES string of the molecule is COC(=O)CC(=O)C1CCC(C(=O)O)O1. The number of Topliss-reactive ketones (excluding diaryl/α,β-unsaturated/α-hetero) is 1. The minimum Gasteiger partial charge on any atom is -0.479 e. The van der Waals surface area contributed by atoms with E-state index < -0.39 is 29.9 Å². The number of methoxy groups -OCH3 is 1. The zero-order valence-corrected chi connectivity index (χ0v) is 8.26. The normalized spacial score (nSPS) is 24.9. The number of hydrogen-bond acceptors (Lipinski definition) is 5. The largest absolute Gasteiger partial charge is 0.479 e. The van der Waals surface area contributed by atoms with E-state index in [1.807, 2.05) is 0 Å². The predicted octanol–water partition coefficient (Wildman–Crippen LogP) is -0.249. The lowest BCUT2D eigenvalue weighted by Gasteiger charge is -2.08. The van der Waals surface area contributed by atoms with E-state index in [1.54, 1.807) is 0 Å². The molecule has 1 aliphatic rings. The van der Waals surface area contributed by atoms with Crippen molar-refractivity contribution in [3.8, 4) is 0 Å². The topological polar surface area (TPSA) is 89.9 Å². The summed E-state index contributed by atoms with van der Waals surface area (Å²) in [6.07, 6.45) is -1.45. The molecule has 0 amide bonds. The number of esters is 1. The number of carbonyl (C=O) groups excluding carboxylic acids is 2. The van der Waals surface area contributed by atoms with Gasteiger partial charge in [-0.3, -0.25) is 9.59 Å². The van der Waals surface area contributed by atoms with Crippen LogP contribution in [0.1, 0.15) is 19.3 Å². The molecule has 6 heteroatoms. The summed E-state index contributed by atoms with van der Waals surface area (Å²) in [7, 11) is 1.19. The third-order valence-electron chi connectivity index (χ3n) is 2.20. The number of aliphatic carboxylic acids is 1. The van der Waals surface area contributed by atoms with Crippen molar-refractivity contribution < 1.29 is 29.0 Å². The van der Waals surface area contributed by atoms with E-state index in [9.17, 15) is 14.4 Å². The highest BCUT2D eigenvalue weighted by molar-refractivity contribution is 5.98. The molecule has 0 spiro atoms. The van der Waals surface area contributed by atoms with Crippen LogP contribution < -0.4 is 0 Å². The average Bonchev–Trinajstić information content (AvgIpc) is 2.66. The minimum atomic E-state index is -1.08. The Morgan fingerprint density at radius 1 is 1.33 bits per heavy atom. The fourth-order valence-corrected chi connectivity index (χ4v) is 1.38. The van der Waals surface area contributed by atoms with Crippen molar-refractivity contribution in [1.29, 1.82) is 0 Å². The Labute approximate surface area is 86.2 Å². The molecule has 1 saturated heterocycles. The standard InChI is InChI=1S/C9H12O6/c1-14-8(11)4-5(10)6-2-3-7(15-6)9(12)13/h6-7H,2-4H2,1H3,(H,12,13). The molecule has 0 aromatic carbocycles. The Kier molecular flexibility index (Phi) is 3.79. The van der Waals surface area contributed by atoms with E-state index in [2.05, 4.69) is 4.74 Å². The van der Waals surface area contributed by atoms with Crippen LogP contribution in [0.4, 0.5) is 0 Å². The second-order valence-electron chi connectivity index (χ2n) is 3.25. The molecule has 0 saturated carbocycles. The quantitative estimate of drug-likeness (QED) is 0.514. The molecular formula is C9H12O6. The molecule has 1 heterocycles. The zero-order chi connectivity index (χ0) is 11.4. The molecule has 2 unspecified atom stereocenters. The molecule has 1 rings (SSSR count). The lowest BCUT2D eigenvalue weighted by atomic mass is 10.1. The van der Waals surface area contributed by atoms with Crippen LogP contribution in [0.2, 0.25) is 0 Å². The van der Waals surface area contributed by atoms with Gasteiger partial charge in [0.15, 0.2) is 11.9 Å². The Balaban J connectivity index is 2.43. The first kappa shape index (κ1) is 11.6. The average molecular weight is 216 g/mol. The highest BCUT2D eigenvalue weighted by atomic mass is 16.5. The predicted molar refractivity (Wildman–Crippen MR) is 47.2 cm³/mol. The maximum absolute atomic E-state index is 11.4. The first-order valence-corrected chi connectivity index (χ1v) is 4.52. The van der Waals surface area contributed by atoms with Crippen LogP contribution in [0.15, 0.2) is 0 Å². The summed E-state index contributed by atoms with van der Waals surface area (Å²) in [5.74, 6) is -2.14. The Morgan fingerprint density at radius 3 is 2.40 bits per heavy atom. The second kappa shape index (κ2) is 4.88. The monoisotopic (exact) mass is 216 g/mol. The smallest absolute Gasteiger partial charge is 0.332 e. The number of ether oxygens (including phenoxy) is 2. The zero-order valence-electron chi connectivity index (χ0n) is 8.26. The number of carboxylic acid groups (broad SMARTS) is 1. The van der Waals surface area contributed by atoms with Crippen LogP contribution in [-0.4, -0.2) is 42.1 Å². The highest BCUT2D eigenvalue weighted by Gasteiger charge is 2.35. The van der Waals surface area contributed by atoms with E-state index in [0.29, 0.717) is 12.8 Å². The van der Waals surface area contributed by atoms with E-state index in [0.717, 1.165) is 0 Å². The van der Waals surface area contributed by atoms with Crippen LogP contribution in [0.5, 0.6) is 0 Å². The molecule has 1 N–H and O–H groups in total. The summed E-state index contributed by atoms with van der Waals surface area (Å²) >= 11 is 0. The van der Waals surface area contributed by atoms with Crippen molar-refractivity contribution >= 4 is 17.7 Å². The molecule has 0 radical (unpaired) electrons. The van der Waals surface area contributed by atoms with Gasteiger partial charge in [-0.25, -0.2) is 4.79 Å². The van der Waals surface area contributed by atoms with E-state index in [4.69, 9.17) is 9.84 Å². The summed E-state index contributed by atoms with van der Waals surface area (Å²) in [6.45, 7) is 0. The van der Waals surface area contributed by atoms with E-state index in [-0.39, 0.29) is 6.42 Å². The lowest BCUT2D eigenvalue weighted by Crippen LogP contribution is -2.27. The maximum Gasteiger partial charge on any atom is 0.332 e. The number of ketones is 1. The number of rotatable bonds is 4. The number of carbonyl (C=O) groups is 3. The highest BCUT2D eigenvalue weighted by Crippen LogP contribution is 2.21. The molecule has 15 heavy (non-hydrogen) atoms. The van der Waals surface area contributed by atoms with Crippen molar-refractivity contribution in [1.82, 2.24) is 0 Å². The molecule has 0 aromatic rings. The molecule has 1 aliphatic heterocycles. The van der Waals surface area contributed by atoms with Crippen LogP contribution in [0.25, 0.3) is 0 Å². The van der Waals surface area contributed by atoms with Crippen molar-refractivity contribution in [3.63, 3.8) is 0 Å². The van der Waals surface area contributed by atoms with Crippen LogP contribution in [0, 0.1) is 0 Å². The fraction of sp³-hybridized carbons (Fsp3) is 0.667. The van der Waals surface area contributed by atoms with E-state index >= 15 is 0 Å². The molecule has 0 aromatic heterocycles. The molecule has 0 aliphatic carbocycles. The molecule has 0 bridgehead atoms. The van der Waals surface area contributed by atoms with Gasteiger partial charge in [-0.15, -0.1) is 0 Å². The molecule has 84 valence electrons. The summed E-state index contributed by atoms with van der Waals surface area (Å²) in [5.41, 5.74) is 0. The van der Waals surface area contributed by atoms with Crippen molar-refractivity contribution in [2.75, 3.05) is 7.11 Å². The Hall–Kier alpha value is -1.43. The lowest BCUT2D eigenvalue weighted by molar-refractivity contribution is -0.152. The van der Waals surface area contributed by atoms with Gasteiger partial charge in [-0.1, -0.05) is 0 Å². The second-order valence-corrected chi connectivity index (χ2v) is 3.25. The molecular weight excluding hydrogens is 204 g/mol. The maximum atomic E-state index is 11.4. The summed E-state index contributed by atoms with van der Waals surface area (Å²) in [5, 5.41) is 8.61. The van der Waals surface area contributed by atoms with E-state index in [1.165, 1.54) is 7.11 Å². The third kappa shape index (κ3) is 3.02. The van der Waals surface area contributed by atoms with Crippen molar-refractivity contribution in [3.05, 3.63) is 0 Å². The number of hydrogen-bond donors (Lipinski definition) is 1. The minimum absolute atomic E-state index is 0.299. The van der Waals surface area contributed by atoms with Gasteiger partial charge >= 0.3 is 11.9 Å². The first-order valence-electron chi connectivity index (χ1n) is 4.52. The van der Waals surface area contributed by atoms with Gasteiger partial charge in [0, 0.05) is 0 Å². The van der Waals surface area contributed by atoms with Crippen LogP contribution >= 0.6 is 0 Å². The molecule has 6 nitrogen and oxygen atoms in total. The van der Waals surface area contributed by atoms with Crippen molar-refractivity contribution in [2.45, 2.75) is 31.5 Å². The number of carboxylic acids is 1.